The maximum absolute atomic E-state index is 5.83. The second kappa shape index (κ2) is 4.58. The van der Waals surface area contributed by atoms with Crippen molar-refractivity contribution in [2.45, 2.75) is 25.0 Å². The third-order valence-corrected chi connectivity index (χ3v) is 4.45. The van der Waals surface area contributed by atoms with Gasteiger partial charge in [-0.25, -0.2) is 0 Å². The SMILES string of the molecule is CC1(C)CCN(c2cccc(N)c2)CCS1. The highest BCUT2D eigenvalue weighted by molar-refractivity contribution is 8.00. The van der Waals surface area contributed by atoms with Crippen LogP contribution in [0.25, 0.3) is 0 Å². The van der Waals surface area contributed by atoms with Crippen molar-refractivity contribution in [2.24, 2.45) is 0 Å². The van der Waals surface area contributed by atoms with Crippen LogP contribution in [-0.2, 0) is 0 Å². The molecule has 16 heavy (non-hydrogen) atoms. The Bertz CT molecular complexity index is 363. The zero-order chi connectivity index (χ0) is 11.6. The van der Waals surface area contributed by atoms with Crippen LogP contribution < -0.4 is 10.6 Å². The smallest absolute Gasteiger partial charge is 0.0387 e. The Morgan fingerprint density at radius 1 is 1.31 bits per heavy atom. The number of nitrogens with two attached hydrogens (primary N) is 1. The molecule has 1 saturated heterocycles. The summed E-state index contributed by atoms with van der Waals surface area (Å²) in [6, 6.07) is 8.20. The minimum Gasteiger partial charge on any atom is -0.399 e. The summed E-state index contributed by atoms with van der Waals surface area (Å²) >= 11 is 2.07. The summed E-state index contributed by atoms with van der Waals surface area (Å²) in [5.74, 6) is 1.20. The van der Waals surface area contributed by atoms with Crippen molar-refractivity contribution >= 4 is 23.1 Å². The molecule has 2 N–H and O–H groups in total. The van der Waals surface area contributed by atoms with Crippen molar-refractivity contribution in [2.75, 3.05) is 29.5 Å². The number of benzene rings is 1. The van der Waals surface area contributed by atoms with Gasteiger partial charge >= 0.3 is 0 Å². The molecule has 0 unspecified atom stereocenters. The molecule has 3 heteroatoms. The van der Waals surface area contributed by atoms with Gasteiger partial charge in [0.05, 0.1) is 0 Å². The molecule has 1 heterocycles. The van der Waals surface area contributed by atoms with Gasteiger partial charge in [-0.1, -0.05) is 19.9 Å². The van der Waals surface area contributed by atoms with Gasteiger partial charge in [-0.3, -0.25) is 0 Å². The van der Waals surface area contributed by atoms with Crippen LogP contribution in [0.3, 0.4) is 0 Å². The van der Waals surface area contributed by atoms with Gasteiger partial charge in [0.2, 0.25) is 0 Å². The van der Waals surface area contributed by atoms with Gasteiger partial charge in [-0.2, -0.15) is 11.8 Å². The van der Waals surface area contributed by atoms with E-state index in [1.807, 2.05) is 12.1 Å². The quantitative estimate of drug-likeness (QED) is 0.760. The molecule has 0 radical (unpaired) electrons. The van der Waals surface area contributed by atoms with E-state index in [2.05, 4.69) is 42.6 Å². The van der Waals surface area contributed by atoms with E-state index in [9.17, 15) is 0 Å². The van der Waals surface area contributed by atoms with Gasteiger partial charge in [-0.05, 0) is 24.6 Å². The molecule has 0 bridgehead atoms. The lowest BCUT2D eigenvalue weighted by atomic mass is 10.1. The molecule has 1 aromatic rings. The first kappa shape index (κ1) is 11.6. The average molecular weight is 236 g/mol. The van der Waals surface area contributed by atoms with E-state index in [1.54, 1.807) is 0 Å². The molecule has 0 aliphatic carbocycles. The Morgan fingerprint density at radius 2 is 2.12 bits per heavy atom. The van der Waals surface area contributed by atoms with Crippen molar-refractivity contribution in [3.8, 4) is 0 Å². The maximum atomic E-state index is 5.83. The number of nitrogens with zero attached hydrogens (tertiary/aromatic N) is 1. The first-order chi connectivity index (χ1) is 7.57. The lowest BCUT2D eigenvalue weighted by molar-refractivity contribution is 0.638. The first-order valence-electron chi connectivity index (χ1n) is 5.81. The Morgan fingerprint density at radius 3 is 2.88 bits per heavy atom. The average Bonchev–Trinajstić information content (AvgIpc) is 2.39. The lowest BCUT2D eigenvalue weighted by Gasteiger charge is -2.24. The third-order valence-electron chi connectivity index (χ3n) is 3.07. The Kier molecular flexibility index (Phi) is 3.33. The second-order valence-corrected chi connectivity index (χ2v) is 6.74. The number of anilines is 2. The molecule has 2 rings (SSSR count). The van der Waals surface area contributed by atoms with Crippen molar-refractivity contribution in [3.63, 3.8) is 0 Å². The first-order valence-corrected chi connectivity index (χ1v) is 6.80. The van der Waals surface area contributed by atoms with Crippen LogP contribution in [0.1, 0.15) is 20.3 Å². The van der Waals surface area contributed by atoms with E-state index in [1.165, 1.54) is 17.9 Å². The molecule has 88 valence electrons. The van der Waals surface area contributed by atoms with Crippen molar-refractivity contribution in [1.82, 2.24) is 0 Å². The van der Waals surface area contributed by atoms with Crippen LogP contribution in [0.5, 0.6) is 0 Å². The molecule has 0 aromatic heterocycles. The molecule has 1 fully saturated rings. The zero-order valence-corrected chi connectivity index (χ0v) is 10.9. The Hall–Kier alpha value is -0.830. The molecule has 0 saturated carbocycles. The number of hydrogen-bond acceptors (Lipinski definition) is 3. The maximum Gasteiger partial charge on any atom is 0.0387 e. The standard InChI is InChI=1S/C13H20N2S/c1-13(2)6-7-15(8-9-16-13)12-5-3-4-11(14)10-12/h3-5,10H,6-9,14H2,1-2H3. The topological polar surface area (TPSA) is 29.3 Å². The van der Waals surface area contributed by atoms with Crippen LogP contribution in [-0.4, -0.2) is 23.6 Å². The summed E-state index contributed by atoms with van der Waals surface area (Å²) in [7, 11) is 0. The molecule has 0 atom stereocenters. The molecule has 1 aliphatic rings. The molecular weight excluding hydrogens is 216 g/mol. The van der Waals surface area contributed by atoms with Crippen LogP contribution >= 0.6 is 11.8 Å². The van der Waals surface area contributed by atoms with E-state index in [0.29, 0.717) is 4.75 Å². The van der Waals surface area contributed by atoms with Crippen LogP contribution in [0.15, 0.2) is 24.3 Å². The van der Waals surface area contributed by atoms with E-state index in [-0.39, 0.29) is 0 Å². The van der Waals surface area contributed by atoms with E-state index in [4.69, 9.17) is 5.73 Å². The highest BCUT2D eigenvalue weighted by Gasteiger charge is 2.23. The zero-order valence-electron chi connectivity index (χ0n) is 10.1. The van der Waals surface area contributed by atoms with Gasteiger partial charge in [0.15, 0.2) is 0 Å². The third kappa shape index (κ3) is 2.85. The van der Waals surface area contributed by atoms with Crippen molar-refractivity contribution in [1.29, 1.82) is 0 Å². The van der Waals surface area contributed by atoms with Crippen LogP contribution in [0.2, 0.25) is 0 Å². The Labute approximate surface area is 102 Å². The second-order valence-electron chi connectivity index (χ2n) is 4.94. The van der Waals surface area contributed by atoms with Gasteiger partial charge in [0, 0.05) is 35.0 Å². The Balaban J connectivity index is 2.11. The predicted molar refractivity (Wildman–Crippen MR) is 74.2 cm³/mol. The van der Waals surface area contributed by atoms with Crippen LogP contribution in [0, 0.1) is 0 Å². The van der Waals surface area contributed by atoms with Gasteiger partial charge in [0.25, 0.3) is 0 Å². The van der Waals surface area contributed by atoms with Gasteiger partial charge < -0.3 is 10.6 Å². The monoisotopic (exact) mass is 236 g/mol. The molecule has 1 aromatic carbocycles. The molecule has 1 aliphatic heterocycles. The largest absolute Gasteiger partial charge is 0.399 e. The number of nitrogen functional groups attached to an aromatic ring is 1. The van der Waals surface area contributed by atoms with Gasteiger partial charge in [0.1, 0.15) is 0 Å². The fourth-order valence-corrected chi connectivity index (χ4v) is 3.10. The van der Waals surface area contributed by atoms with E-state index >= 15 is 0 Å². The summed E-state index contributed by atoms with van der Waals surface area (Å²) in [6.45, 7) is 6.92. The number of rotatable bonds is 1. The summed E-state index contributed by atoms with van der Waals surface area (Å²) in [4.78, 5) is 2.44. The summed E-state index contributed by atoms with van der Waals surface area (Å²) in [6.07, 6.45) is 1.23. The lowest BCUT2D eigenvalue weighted by Crippen LogP contribution is -2.26. The normalized spacial score (nSPS) is 20.5. The number of hydrogen-bond donors (Lipinski definition) is 1. The number of thioether (sulfide) groups is 1. The minimum absolute atomic E-state index is 0.412. The molecule has 0 amide bonds. The molecule has 0 spiro atoms. The summed E-state index contributed by atoms with van der Waals surface area (Å²) < 4.78 is 0.412. The highest BCUT2D eigenvalue weighted by atomic mass is 32.2. The molecular formula is C13H20N2S. The predicted octanol–water partition coefficient (Wildman–Crippen LogP) is 2.99. The minimum atomic E-state index is 0.412. The van der Waals surface area contributed by atoms with E-state index < -0.39 is 0 Å². The van der Waals surface area contributed by atoms with Crippen LogP contribution in [0.4, 0.5) is 11.4 Å². The van der Waals surface area contributed by atoms with Crippen molar-refractivity contribution < 1.29 is 0 Å². The van der Waals surface area contributed by atoms with Gasteiger partial charge in [-0.15, -0.1) is 0 Å². The fourth-order valence-electron chi connectivity index (χ4n) is 2.00. The highest BCUT2D eigenvalue weighted by Crippen LogP contribution is 2.32. The molecule has 2 nitrogen and oxygen atoms in total. The van der Waals surface area contributed by atoms with E-state index in [0.717, 1.165) is 18.8 Å². The summed E-state index contributed by atoms with van der Waals surface area (Å²) in [5.41, 5.74) is 7.94. The summed E-state index contributed by atoms with van der Waals surface area (Å²) in [5, 5.41) is 0. The fraction of sp³-hybridized carbons (Fsp3) is 0.538. The van der Waals surface area contributed by atoms with Crippen molar-refractivity contribution in [3.05, 3.63) is 24.3 Å².